The smallest absolute Gasteiger partial charge is 0.352 e. The number of esters is 2. The van der Waals surface area contributed by atoms with Gasteiger partial charge in [0.05, 0.1) is 0 Å². The number of carboxylic acids is 1. The van der Waals surface area contributed by atoms with Crippen LogP contribution in [0.15, 0.2) is 20.2 Å². The summed E-state index contributed by atoms with van der Waals surface area (Å²) in [6.07, 6.45) is -0.464. The number of ether oxygens (including phenoxy) is 2. The normalized spacial score (nSPS) is 18.7. The van der Waals surface area contributed by atoms with Gasteiger partial charge in [-0.1, -0.05) is 16.5 Å². The van der Waals surface area contributed by atoms with Crippen LogP contribution in [0, 0.1) is 0 Å². The molecule has 1 aromatic rings. The lowest BCUT2D eigenvalue weighted by Gasteiger charge is -2.49. The monoisotopic (exact) mass is 675 g/mol. The van der Waals surface area contributed by atoms with Crippen LogP contribution in [0.5, 0.6) is 0 Å². The van der Waals surface area contributed by atoms with Gasteiger partial charge in [0.1, 0.15) is 51.0 Å². The zero-order valence-corrected chi connectivity index (χ0v) is 25.4. The Morgan fingerprint density at radius 3 is 2.49 bits per heavy atom. The van der Waals surface area contributed by atoms with Gasteiger partial charge >= 0.3 is 17.9 Å². The zero-order valence-electron chi connectivity index (χ0n) is 22.2. The lowest BCUT2D eigenvalue weighted by atomic mass is 10.0. The third-order valence-corrected chi connectivity index (χ3v) is 8.01. The van der Waals surface area contributed by atoms with Crippen molar-refractivity contribution in [3.63, 3.8) is 0 Å². The number of nitrogens with one attached hydrogen (secondary N) is 1. The number of rotatable bonds is 11. The Labute approximate surface area is 249 Å². The molecule has 0 aliphatic carbocycles. The molecule has 1 saturated heterocycles. The topological polar surface area (TPSA) is 217 Å². The number of anilines is 1. The van der Waals surface area contributed by atoms with Gasteiger partial charge in [0, 0.05) is 11.3 Å². The van der Waals surface area contributed by atoms with Crippen molar-refractivity contribution in [1.29, 1.82) is 0 Å². The number of carboxylic acid groups (broad SMARTS) is 1. The highest BCUT2D eigenvalue weighted by Crippen LogP contribution is 2.40. The summed E-state index contributed by atoms with van der Waals surface area (Å²) >= 11 is 5.39. The van der Waals surface area contributed by atoms with Crippen LogP contribution in [0.3, 0.4) is 0 Å². The largest absolute Gasteiger partial charge is 0.477 e. The predicted octanol–water partition coefficient (Wildman–Crippen LogP) is 0.811. The first kappa shape index (κ1) is 32.0. The van der Waals surface area contributed by atoms with Gasteiger partial charge in [-0.25, -0.2) is 14.6 Å². The van der Waals surface area contributed by atoms with Gasteiger partial charge in [-0.2, -0.15) is 0 Å². The van der Waals surface area contributed by atoms with Crippen molar-refractivity contribution in [2.75, 3.05) is 24.7 Å². The molecule has 18 heteroatoms. The summed E-state index contributed by atoms with van der Waals surface area (Å²) < 4.78 is 10.5. The molecule has 222 valence electrons. The summed E-state index contributed by atoms with van der Waals surface area (Å²) in [4.78, 5) is 83.2. The third kappa shape index (κ3) is 8.04. The average molecular weight is 677 g/mol. The van der Waals surface area contributed by atoms with E-state index in [2.05, 4.69) is 31.4 Å². The number of oxime groups is 1. The van der Waals surface area contributed by atoms with E-state index < -0.39 is 77.9 Å². The maximum absolute atomic E-state index is 13.2. The molecule has 4 N–H and O–H groups in total. The van der Waals surface area contributed by atoms with Gasteiger partial charge in [-0.3, -0.25) is 24.1 Å². The van der Waals surface area contributed by atoms with Crippen LogP contribution in [0.25, 0.3) is 0 Å². The first-order valence-corrected chi connectivity index (χ1v) is 14.4. The van der Waals surface area contributed by atoms with Crippen LogP contribution in [0.2, 0.25) is 0 Å². The standard InChI is InChI=1S/C23H26BrN5O10S2/c1-9(30)5-11(31)37-6-10-8-40-20-15(19(34)29(20)16(10)21(35)36)26-18(33)14(13-17(24)41-22(25)27-13)28-38-7-12(32)39-23(2,3)4/h15,20H,5-8H2,1-4H3,(H2,25,27)(H,26,33)(H,35,36)/b28-14+/t15-,20-/m1/s1. The summed E-state index contributed by atoms with van der Waals surface area (Å²) in [5.74, 6) is -4.96. The third-order valence-electron chi connectivity index (χ3n) is 5.14. The molecule has 2 atom stereocenters. The van der Waals surface area contributed by atoms with E-state index in [0.29, 0.717) is 3.79 Å². The van der Waals surface area contributed by atoms with Crippen molar-refractivity contribution in [2.24, 2.45) is 5.16 Å². The van der Waals surface area contributed by atoms with Crippen LogP contribution >= 0.6 is 39.0 Å². The first-order chi connectivity index (χ1) is 19.1. The molecule has 3 rings (SSSR count). The Morgan fingerprint density at radius 2 is 1.93 bits per heavy atom. The Kier molecular flexibility index (Phi) is 10.1. The molecule has 2 aliphatic heterocycles. The number of Topliss-reactive ketones (excluding diaryl/α,β-unsaturated/α-hetero) is 1. The number of halogens is 1. The number of fused-ring (bicyclic) bond motifs is 1. The van der Waals surface area contributed by atoms with Gasteiger partial charge in [0.25, 0.3) is 11.8 Å². The minimum atomic E-state index is -1.43. The van der Waals surface area contributed by atoms with Crippen LogP contribution in [0.1, 0.15) is 39.8 Å². The van der Waals surface area contributed by atoms with E-state index in [0.717, 1.165) is 28.0 Å². The maximum Gasteiger partial charge on any atom is 0.352 e. The number of aromatic nitrogens is 1. The number of carbonyl (C=O) groups excluding carboxylic acids is 5. The number of amides is 2. The summed E-state index contributed by atoms with van der Waals surface area (Å²) in [5.41, 5.74) is 4.35. The van der Waals surface area contributed by atoms with E-state index in [1.807, 2.05) is 0 Å². The summed E-state index contributed by atoms with van der Waals surface area (Å²) in [5, 5.41) is 15.3. The molecule has 2 amide bonds. The number of nitrogen functional groups attached to an aromatic ring is 1. The number of carbonyl (C=O) groups is 6. The van der Waals surface area contributed by atoms with Crippen molar-refractivity contribution < 1.29 is 48.2 Å². The van der Waals surface area contributed by atoms with E-state index >= 15 is 0 Å². The number of hydrogen-bond donors (Lipinski definition) is 3. The lowest BCUT2D eigenvalue weighted by molar-refractivity contribution is -0.160. The highest BCUT2D eigenvalue weighted by atomic mass is 79.9. The van der Waals surface area contributed by atoms with Gasteiger partial charge in [0.15, 0.2) is 10.8 Å². The molecule has 0 spiro atoms. The number of nitrogens with two attached hydrogens (primary N) is 1. The number of hydrogen-bond acceptors (Lipinski definition) is 14. The van der Waals surface area contributed by atoms with Crippen molar-refractivity contribution in [3.8, 4) is 0 Å². The number of thiazole rings is 1. The van der Waals surface area contributed by atoms with Crippen LogP contribution in [-0.4, -0.2) is 92.2 Å². The predicted molar refractivity (Wildman–Crippen MR) is 149 cm³/mol. The minimum absolute atomic E-state index is 0.00472. The Balaban J connectivity index is 1.76. The van der Waals surface area contributed by atoms with Crippen molar-refractivity contribution >= 4 is 85.4 Å². The highest BCUT2D eigenvalue weighted by molar-refractivity contribution is 9.11. The number of aliphatic carboxylic acids is 1. The molecule has 0 saturated carbocycles. The van der Waals surface area contributed by atoms with E-state index in [1.54, 1.807) is 20.8 Å². The van der Waals surface area contributed by atoms with Gasteiger partial charge in [-0.15, -0.1) is 11.8 Å². The number of ketones is 1. The first-order valence-electron chi connectivity index (χ1n) is 11.8. The Morgan fingerprint density at radius 1 is 1.24 bits per heavy atom. The molecule has 1 fully saturated rings. The minimum Gasteiger partial charge on any atom is -0.477 e. The molecule has 2 aliphatic rings. The fraction of sp³-hybridized carbons (Fsp3) is 0.478. The van der Waals surface area contributed by atoms with E-state index in [4.69, 9.17) is 20.0 Å². The second-order valence-corrected chi connectivity index (χ2v) is 13.1. The summed E-state index contributed by atoms with van der Waals surface area (Å²) in [6.45, 7) is 5.17. The van der Waals surface area contributed by atoms with Gasteiger partial charge in [-0.05, 0) is 43.6 Å². The number of thioether (sulfide) groups is 1. The zero-order chi connectivity index (χ0) is 30.6. The average Bonchev–Trinajstić information content (AvgIpc) is 3.18. The van der Waals surface area contributed by atoms with Crippen molar-refractivity contribution in [3.05, 3.63) is 20.8 Å². The highest BCUT2D eigenvalue weighted by Gasteiger charge is 2.54. The van der Waals surface area contributed by atoms with E-state index in [1.165, 1.54) is 6.92 Å². The van der Waals surface area contributed by atoms with Gasteiger partial charge < -0.3 is 30.5 Å². The van der Waals surface area contributed by atoms with Crippen LogP contribution < -0.4 is 11.1 Å². The Hall–Kier alpha value is -3.51. The van der Waals surface area contributed by atoms with E-state index in [9.17, 15) is 33.9 Å². The fourth-order valence-electron chi connectivity index (χ4n) is 3.60. The molecule has 1 aromatic heterocycles. The second-order valence-electron chi connectivity index (χ2n) is 9.63. The van der Waals surface area contributed by atoms with Gasteiger partial charge in [0.2, 0.25) is 6.61 Å². The van der Waals surface area contributed by atoms with Crippen LogP contribution in [0.4, 0.5) is 5.13 Å². The van der Waals surface area contributed by atoms with Crippen molar-refractivity contribution in [2.45, 2.75) is 51.1 Å². The molecule has 0 aromatic carbocycles. The quantitative estimate of drug-likeness (QED) is 0.0974. The lowest BCUT2D eigenvalue weighted by Crippen LogP contribution is -2.71. The SMILES string of the molecule is CC(=O)CC(=O)OCC1=C(C(=O)O)N2C(=O)[C@@H](NC(=O)/C(=N/OCC(=O)OC(C)(C)C)c3nc(N)sc3Br)[C@H]2SC1. The summed E-state index contributed by atoms with van der Waals surface area (Å²) in [6, 6.07) is -1.14. The number of β-lactam (4-membered cyclic amide) rings is 1. The van der Waals surface area contributed by atoms with Crippen molar-refractivity contribution in [1.82, 2.24) is 15.2 Å². The summed E-state index contributed by atoms with van der Waals surface area (Å²) in [7, 11) is 0. The molecule has 0 radical (unpaired) electrons. The molecule has 0 bridgehead atoms. The Bertz CT molecular complexity index is 1350. The molecule has 15 nitrogen and oxygen atoms in total. The molecule has 0 unspecified atom stereocenters. The maximum atomic E-state index is 13.2. The molecular weight excluding hydrogens is 650 g/mol. The number of nitrogens with zero attached hydrogens (tertiary/aromatic N) is 3. The van der Waals surface area contributed by atoms with E-state index in [-0.39, 0.29) is 27.8 Å². The fourth-order valence-corrected chi connectivity index (χ4v) is 6.26. The molecule has 41 heavy (non-hydrogen) atoms. The van der Waals surface area contributed by atoms with Crippen LogP contribution in [-0.2, 0) is 43.1 Å². The molecular formula is C23H26BrN5O10S2. The second kappa shape index (κ2) is 13.0. The molecule has 3 heterocycles.